The number of fused-ring (bicyclic) bond motifs is 3. The van der Waals surface area contributed by atoms with Gasteiger partial charge >= 0.3 is 0 Å². The molecule has 1 aromatic heterocycles. The van der Waals surface area contributed by atoms with Crippen molar-refractivity contribution in [3.8, 4) is 0 Å². The minimum absolute atomic E-state index is 1.23. The van der Waals surface area contributed by atoms with Gasteiger partial charge in [0, 0.05) is 16.6 Å². The molecule has 0 spiro atoms. The van der Waals surface area contributed by atoms with E-state index in [2.05, 4.69) is 31.0 Å². The van der Waals surface area contributed by atoms with E-state index in [4.69, 9.17) is 0 Å². The monoisotopic (exact) mass is 213 g/mol. The van der Waals surface area contributed by atoms with E-state index < -0.39 is 0 Å². The average molecular weight is 213 g/mol. The van der Waals surface area contributed by atoms with Crippen LogP contribution < -0.4 is 0 Å². The van der Waals surface area contributed by atoms with Crippen LogP contribution in [0.1, 0.15) is 42.1 Å². The van der Waals surface area contributed by atoms with Crippen LogP contribution >= 0.6 is 0 Å². The summed E-state index contributed by atoms with van der Waals surface area (Å²) in [5.74, 6) is 0. The van der Waals surface area contributed by atoms with Crippen LogP contribution in [0.3, 0.4) is 0 Å². The first kappa shape index (κ1) is 9.95. The zero-order valence-corrected chi connectivity index (χ0v) is 10.2. The predicted octanol–water partition coefficient (Wildman–Crippen LogP) is 3.92. The van der Waals surface area contributed by atoms with Gasteiger partial charge in [0.1, 0.15) is 0 Å². The Morgan fingerprint density at radius 2 is 2.12 bits per heavy atom. The van der Waals surface area contributed by atoms with Crippen molar-refractivity contribution in [2.24, 2.45) is 0 Å². The third-order valence-electron chi connectivity index (χ3n) is 3.91. The third-order valence-corrected chi connectivity index (χ3v) is 3.91. The first-order chi connectivity index (χ1) is 7.81. The lowest BCUT2D eigenvalue weighted by Crippen LogP contribution is -2.08. The van der Waals surface area contributed by atoms with Crippen molar-refractivity contribution in [1.29, 1.82) is 0 Å². The van der Waals surface area contributed by atoms with Gasteiger partial charge in [-0.05, 0) is 55.4 Å². The Labute approximate surface area is 96.9 Å². The van der Waals surface area contributed by atoms with E-state index >= 15 is 0 Å². The van der Waals surface area contributed by atoms with Crippen LogP contribution in [-0.2, 0) is 19.3 Å². The molecule has 1 aliphatic carbocycles. The molecule has 0 unspecified atom stereocenters. The lowest BCUT2D eigenvalue weighted by atomic mass is 9.84. The van der Waals surface area contributed by atoms with E-state index in [1.165, 1.54) is 43.3 Å². The van der Waals surface area contributed by atoms with E-state index in [-0.39, 0.29) is 0 Å². The Morgan fingerprint density at radius 1 is 1.25 bits per heavy atom. The van der Waals surface area contributed by atoms with Crippen molar-refractivity contribution >= 4 is 10.9 Å². The minimum Gasteiger partial charge on any atom is -0.358 e. The molecule has 1 heteroatoms. The van der Waals surface area contributed by atoms with Crippen LogP contribution in [0.25, 0.3) is 10.9 Å². The summed E-state index contributed by atoms with van der Waals surface area (Å²) in [6.07, 6.45) is 6.38. The Morgan fingerprint density at radius 3 is 2.81 bits per heavy atom. The molecule has 0 atom stereocenters. The maximum absolute atomic E-state index is 3.54. The second-order valence-corrected chi connectivity index (χ2v) is 4.96. The summed E-state index contributed by atoms with van der Waals surface area (Å²) in [4.78, 5) is 3.54. The molecule has 3 rings (SSSR count). The number of aromatic amines is 1. The van der Waals surface area contributed by atoms with Gasteiger partial charge < -0.3 is 4.98 Å². The number of hydrogen-bond donors (Lipinski definition) is 1. The van der Waals surface area contributed by atoms with Crippen molar-refractivity contribution in [3.05, 3.63) is 34.5 Å². The number of nitrogens with one attached hydrogen (secondary N) is 1. The average Bonchev–Trinajstić information content (AvgIpc) is 2.52. The number of rotatable bonds is 3. The molecular formula is C15H19N. The smallest absolute Gasteiger partial charge is 0.0461 e. The number of aryl methyl sites for hydroxylation is 4. The van der Waals surface area contributed by atoms with Crippen LogP contribution in [0.15, 0.2) is 12.1 Å². The molecule has 0 amide bonds. The van der Waals surface area contributed by atoms with Crippen LogP contribution in [0.4, 0.5) is 0 Å². The van der Waals surface area contributed by atoms with Crippen molar-refractivity contribution in [2.75, 3.05) is 0 Å². The van der Waals surface area contributed by atoms with Crippen LogP contribution in [0.2, 0.25) is 0 Å². The Bertz CT molecular complexity index is 534. The van der Waals surface area contributed by atoms with E-state index in [9.17, 15) is 0 Å². The molecule has 0 saturated heterocycles. The molecule has 1 nitrogen and oxygen atoms in total. The molecule has 84 valence electrons. The highest BCUT2D eigenvalue weighted by molar-refractivity contribution is 5.90. The fourth-order valence-corrected chi connectivity index (χ4v) is 2.87. The Balaban J connectivity index is 2.17. The number of aromatic nitrogens is 1. The van der Waals surface area contributed by atoms with E-state index in [0.29, 0.717) is 0 Å². The number of unbranched alkanes of at least 4 members (excludes halogenated alkanes) is 1. The molecule has 0 saturated carbocycles. The lowest BCUT2D eigenvalue weighted by Gasteiger charge is -2.20. The molecule has 1 heterocycles. The summed E-state index contributed by atoms with van der Waals surface area (Å²) >= 11 is 0. The molecule has 0 radical (unpaired) electrons. The Kier molecular flexibility index (Phi) is 2.27. The molecular weight excluding hydrogens is 194 g/mol. The number of benzene rings is 1. The maximum atomic E-state index is 3.54. The first-order valence-electron chi connectivity index (χ1n) is 6.43. The number of H-pyrrole nitrogens is 1. The largest absolute Gasteiger partial charge is 0.358 e. The number of hydrogen-bond acceptors (Lipinski definition) is 0. The van der Waals surface area contributed by atoms with Crippen molar-refractivity contribution in [1.82, 2.24) is 4.98 Å². The van der Waals surface area contributed by atoms with Gasteiger partial charge in [-0.1, -0.05) is 19.4 Å². The standard InChI is InChI=1S/C15H19N/c1-3-4-5-12-10(2)16-14-9-7-11-6-8-13(11)15(12)14/h7,9,16H,3-6,8H2,1-2H3. The highest BCUT2D eigenvalue weighted by Gasteiger charge is 2.20. The molecule has 1 aromatic carbocycles. The summed E-state index contributed by atoms with van der Waals surface area (Å²) in [6.45, 7) is 4.48. The molecule has 0 aliphatic heterocycles. The summed E-state index contributed by atoms with van der Waals surface area (Å²) in [5.41, 5.74) is 7.50. The van der Waals surface area contributed by atoms with Crippen molar-refractivity contribution in [3.63, 3.8) is 0 Å². The van der Waals surface area contributed by atoms with Gasteiger partial charge in [-0.3, -0.25) is 0 Å². The topological polar surface area (TPSA) is 15.8 Å². The predicted molar refractivity (Wildman–Crippen MR) is 69.1 cm³/mol. The van der Waals surface area contributed by atoms with E-state index in [0.717, 1.165) is 0 Å². The van der Waals surface area contributed by atoms with Crippen LogP contribution in [-0.4, -0.2) is 4.98 Å². The fraction of sp³-hybridized carbons (Fsp3) is 0.467. The second kappa shape index (κ2) is 3.65. The molecule has 0 bridgehead atoms. The molecule has 16 heavy (non-hydrogen) atoms. The third kappa shape index (κ3) is 1.31. The van der Waals surface area contributed by atoms with Crippen molar-refractivity contribution < 1.29 is 0 Å². The van der Waals surface area contributed by atoms with Gasteiger partial charge in [0.15, 0.2) is 0 Å². The summed E-state index contributed by atoms with van der Waals surface area (Å²) in [6, 6.07) is 4.55. The second-order valence-electron chi connectivity index (χ2n) is 4.96. The molecule has 2 aromatic rings. The van der Waals surface area contributed by atoms with E-state index in [1.54, 1.807) is 22.1 Å². The van der Waals surface area contributed by atoms with Gasteiger partial charge in [-0.2, -0.15) is 0 Å². The summed E-state index contributed by atoms with van der Waals surface area (Å²) in [5, 5.41) is 1.55. The minimum atomic E-state index is 1.23. The zero-order valence-electron chi connectivity index (χ0n) is 10.2. The van der Waals surface area contributed by atoms with Crippen LogP contribution in [0.5, 0.6) is 0 Å². The van der Waals surface area contributed by atoms with Gasteiger partial charge in [-0.25, -0.2) is 0 Å². The molecule has 0 fully saturated rings. The SMILES string of the molecule is CCCCc1c(C)[nH]c2ccc3c(c12)CC3. The maximum Gasteiger partial charge on any atom is 0.0461 e. The van der Waals surface area contributed by atoms with E-state index in [1.807, 2.05) is 0 Å². The highest BCUT2D eigenvalue weighted by Crippen LogP contribution is 2.35. The normalized spacial score (nSPS) is 13.9. The molecule has 1 N–H and O–H groups in total. The molecule has 1 aliphatic rings. The fourth-order valence-electron chi connectivity index (χ4n) is 2.87. The highest BCUT2D eigenvalue weighted by atomic mass is 14.7. The zero-order chi connectivity index (χ0) is 11.1. The lowest BCUT2D eigenvalue weighted by molar-refractivity contribution is 0.791. The van der Waals surface area contributed by atoms with Crippen molar-refractivity contribution in [2.45, 2.75) is 46.0 Å². The van der Waals surface area contributed by atoms with Gasteiger partial charge in [0.25, 0.3) is 0 Å². The quantitative estimate of drug-likeness (QED) is 0.795. The Hall–Kier alpha value is -1.24. The van der Waals surface area contributed by atoms with Crippen LogP contribution in [0, 0.1) is 6.92 Å². The van der Waals surface area contributed by atoms with Gasteiger partial charge in [-0.15, -0.1) is 0 Å². The van der Waals surface area contributed by atoms with Gasteiger partial charge in [0.05, 0.1) is 0 Å². The first-order valence-corrected chi connectivity index (χ1v) is 6.43. The summed E-state index contributed by atoms with van der Waals surface area (Å²) in [7, 11) is 0. The summed E-state index contributed by atoms with van der Waals surface area (Å²) < 4.78 is 0. The van der Waals surface area contributed by atoms with Gasteiger partial charge in [0.2, 0.25) is 0 Å².